The quantitative estimate of drug-likeness (QED) is 0.684. The maximum atomic E-state index is 12.0. The van der Waals surface area contributed by atoms with Crippen LogP contribution in [0.25, 0.3) is 17.3 Å². The zero-order valence-corrected chi connectivity index (χ0v) is 14.6. The van der Waals surface area contributed by atoms with Crippen molar-refractivity contribution < 1.29 is 9.59 Å². The molecule has 3 heterocycles. The molecule has 0 bridgehead atoms. The van der Waals surface area contributed by atoms with E-state index >= 15 is 0 Å². The number of anilines is 2. The van der Waals surface area contributed by atoms with Crippen molar-refractivity contribution in [2.45, 2.75) is 6.42 Å². The average molecular weight is 367 g/mol. The molecule has 0 unspecified atom stereocenters. The summed E-state index contributed by atoms with van der Waals surface area (Å²) >= 11 is 2.95. The standard InChI is InChI=1S/C18H13N3O2S2/c22-16(6-4-13-2-1-7-24-13)21-18-20-15(10-25-18)11-3-5-14-12(8-11)9-17(23)19-14/h1-8,10H,9H2,(H,19,23)(H,20,21,22)/b6-4+. The summed E-state index contributed by atoms with van der Waals surface area (Å²) in [5.41, 5.74) is 3.54. The van der Waals surface area contributed by atoms with E-state index in [9.17, 15) is 9.59 Å². The highest BCUT2D eigenvalue weighted by molar-refractivity contribution is 7.14. The van der Waals surface area contributed by atoms with Gasteiger partial charge in [-0.15, -0.1) is 22.7 Å². The van der Waals surface area contributed by atoms with Gasteiger partial charge in [-0.25, -0.2) is 4.98 Å². The summed E-state index contributed by atoms with van der Waals surface area (Å²) in [5, 5.41) is 9.99. The zero-order valence-electron chi connectivity index (χ0n) is 13.0. The van der Waals surface area contributed by atoms with Crippen LogP contribution in [0.15, 0.2) is 47.2 Å². The summed E-state index contributed by atoms with van der Waals surface area (Å²) < 4.78 is 0. The lowest BCUT2D eigenvalue weighted by Gasteiger charge is -2.01. The lowest BCUT2D eigenvalue weighted by molar-refractivity contribution is -0.115. The van der Waals surface area contributed by atoms with E-state index in [0.29, 0.717) is 11.6 Å². The van der Waals surface area contributed by atoms with E-state index in [0.717, 1.165) is 27.4 Å². The highest BCUT2D eigenvalue weighted by Gasteiger charge is 2.18. The van der Waals surface area contributed by atoms with Gasteiger partial charge in [-0.05, 0) is 35.2 Å². The molecular weight excluding hydrogens is 354 g/mol. The molecule has 3 aromatic rings. The predicted octanol–water partition coefficient (Wildman–Crippen LogP) is 4.02. The number of aromatic nitrogens is 1. The molecular formula is C18H13N3O2S2. The number of nitrogens with zero attached hydrogens (tertiary/aromatic N) is 1. The van der Waals surface area contributed by atoms with E-state index in [1.54, 1.807) is 17.4 Å². The minimum Gasteiger partial charge on any atom is -0.326 e. The number of carbonyl (C=O) groups excluding carboxylic acids is 2. The molecule has 0 saturated carbocycles. The van der Waals surface area contributed by atoms with E-state index in [-0.39, 0.29) is 11.8 Å². The Morgan fingerprint density at radius 2 is 2.20 bits per heavy atom. The summed E-state index contributed by atoms with van der Waals surface area (Å²) in [7, 11) is 0. The van der Waals surface area contributed by atoms with E-state index in [2.05, 4.69) is 15.6 Å². The van der Waals surface area contributed by atoms with Gasteiger partial charge in [0.05, 0.1) is 12.1 Å². The molecule has 4 rings (SSSR count). The summed E-state index contributed by atoms with van der Waals surface area (Å²) in [6.45, 7) is 0. The Morgan fingerprint density at radius 3 is 3.04 bits per heavy atom. The molecule has 2 aromatic heterocycles. The van der Waals surface area contributed by atoms with Crippen LogP contribution in [0.3, 0.4) is 0 Å². The van der Waals surface area contributed by atoms with Gasteiger partial charge in [-0.3, -0.25) is 14.9 Å². The van der Waals surface area contributed by atoms with Crippen molar-refractivity contribution in [2.75, 3.05) is 10.6 Å². The first-order valence-corrected chi connectivity index (χ1v) is 9.34. The van der Waals surface area contributed by atoms with Crippen LogP contribution >= 0.6 is 22.7 Å². The van der Waals surface area contributed by atoms with Crippen LogP contribution in [0.1, 0.15) is 10.4 Å². The molecule has 7 heteroatoms. The van der Waals surface area contributed by atoms with Gasteiger partial charge < -0.3 is 5.32 Å². The molecule has 5 nitrogen and oxygen atoms in total. The number of hydrogen-bond donors (Lipinski definition) is 2. The first-order valence-electron chi connectivity index (χ1n) is 7.58. The van der Waals surface area contributed by atoms with Gasteiger partial charge in [-0.2, -0.15) is 0 Å². The molecule has 1 aliphatic heterocycles. The smallest absolute Gasteiger partial charge is 0.250 e. The largest absolute Gasteiger partial charge is 0.326 e. The topological polar surface area (TPSA) is 71.1 Å². The normalized spacial score (nSPS) is 13.0. The van der Waals surface area contributed by atoms with Crippen LogP contribution < -0.4 is 10.6 Å². The number of amides is 2. The summed E-state index contributed by atoms with van der Waals surface area (Å²) in [4.78, 5) is 28.9. The molecule has 124 valence electrons. The second-order valence-electron chi connectivity index (χ2n) is 5.47. The van der Waals surface area contributed by atoms with Crippen molar-refractivity contribution in [1.29, 1.82) is 0 Å². The van der Waals surface area contributed by atoms with Crippen LogP contribution in [-0.2, 0) is 16.0 Å². The second kappa shape index (κ2) is 6.62. The Hall–Kier alpha value is -2.77. The van der Waals surface area contributed by atoms with Gasteiger partial charge in [0.15, 0.2) is 5.13 Å². The first-order chi connectivity index (χ1) is 12.2. The van der Waals surface area contributed by atoms with E-state index in [1.165, 1.54) is 17.4 Å². The lowest BCUT2D eigenvalue weighted by Crippen LogP contribution is -2.07. The average Bonchev–Trinajstić information content (AvgIpc) is 3.32. The molecule has 0 aliphatic carbocycles. The number of carbonyl (C=O) groups is 2. The molecule has 1 aliphatic rings. The number of benzene rings is 1. The molecule has 25 heavy (non-hydrogen) atoms. The Bertz CT molecular complexity index is 974. The van der Waals surface area contributed by atoms with Crippen LogP contribution in [0.2, 0.25) is 0 Å². The minimum atomic E-state index is -0.210. The zero-order chi connectivity index (χ0) is 17.2. The van der Waals surface area contributed by atoms with E-state index < -0.39 is 0 Å². The van der Waals surface area contributed by atoms with Gasteiger partial charge in [0, 0.05) is 27.6 Å². The van der Waals surface area contributed by atoms with Gasteiger partial charge >= 0.3 is 0 Å². The van der Waals surface area contributed by atoms with Gasteiger partial charge in [0.1, 0.15) is 0 Å². The SMILES string of the molecule is O=C(/C=C/c1cccs1)Nc1nc(-c2ccc3c(c2)CC(=O)N3)cs1. The molecule has 0 atom stereocenters. The van der Waals surface area contributed by atoms with Crippen LogP contribution in [0.4, 0.5) is 10.8 Å². The van der Waals surface area contributed by atoms with Crippen LogP contribution in [0, 0.1) is 0 Å². The molecule has 2 amide bonds. The van der Waals surface area contributed by atoms with Crippen molar-refractivity contribution in [3.8, 4) is 11.3 Å². The Morgan fingerprint density at radius 1 is 1.28 bits per heavy atom. The molecule has 0 fully saturated rings. The molecule has 1 aromatic carbocycles. The highest BCUT2D eigenvalue weighted by Crippen LogP contribution is 2.30. The monoisotopic (exact) mass is 367 g/mol. The minimum absolute atomic E-state index is 0.0101. The van der Waals surface area contributed by atoms with Gasteiger partial charge in [0.2, 0.25) is 11.8 Å². The molecule has 0 saturated heterocycles. The number of nitrogens with one attached hydrogen (secondary N) is 2. The summed E-state index contributed by atoms with van der Waals surface area (Å²) in [6, 6.07) is 9.65. The van der Waals surface area contributed by atoms with E-state index in [1.807, 2.05) is 41.1 Å². The van der Waals surface area contributed by atoms with Crippen molar-refractivity contribution in [3.63, 3.8) is 0 Å². The van der Waals surface area contributed by atoms with Crippen molar-refractivity contribution in [2.24, 2.45) is 0 Å². The number of thiophene rings is 1. The third kappa shape index (κ3) is 3.52. The van der Waals surface area contributed by atoms with Gasteiger partial charge in [-0.1, -0.05) is 12.1 Å². The van der Waals surface area contributed by atoms with Crippen molar-refractivity contribution in [1.82, 2.24) is 4.98 Å². The van der Waals surface area contributed by atoms with Crippen LogP contribution in [-0.4, -0.2) is 16.8 Å². The fraction of sp³-hybridized carbons (Fsp3) is 0.0556. The third-order valence-electron chi connectivity index (χ3n) is 3.70. The number of fused-ring (bicyclic) bond motifs is 1. The number of rotatable bonds is 4. The molecule has 0 radical (unpaired) electrons. The third-order valence-corrected chi connectivity index (χ3v) is 5.30. The Balaban J connectivity index is 1.46. The number of thiazole rings is 1. The fourth-order valence-corrected chi connectivity index (χ4v) is 3.88. The summed E-state index contributed by atoms with van der Waals surface area (Å²) in [5.74, 6) is -0.200. The highest BCUT2D eigenvalue weighted by atomic mass is 32.1. The Labute approximate surface area is 152 Å². The van der Waals surface area contributed by atoms with Crippen LogP contribution in [0.5, 0.6) is 0 Å². The number of hydrogen-bond acceptors (Lipinski definition) is 5. The van der Waals surface area contributed by atoms with Crippen molar-refractivity contribution >= 4 is 51.4 Å². The maximum Gasteiger partial charge on any atom is 0.250 e. The summed E-state index contributed by atoms with van der Waals surface area (Å²) in [6.07, 6.45) is 3.67. The van der Waals surface area contributed by atoms with Crippen molar-refractivity contribution in [3.05, 3.63) is 57.6 Å². The molecule has 2 N–H and O–H groups in total. The van der Waals surface area contributed by atoms with E-state index in [4.69, 9.17) is 0 Å². The molecule has 0 spiro atoms. The first kappa shape index (κ1) is 15.7. The van der Waals surface area contributed by atoms with Gasteiger partial charge in [0.25, 0.3) is 0 Å². The predicted molar refractivity (Wildman–Crippen MR) is 102 cm³/mol. The lowest BCUT2D eigenvalue weighted by atomic mass is 10.1. The fourth-order valence-electron chi connectivity index (χ4n) is 2.54. The maximum absolute atomic E-state index is 12.0. The second-order valence-corrected chi connectivity index (χ2v) is 7.31. The Kier molecular flexibility index (Phi) is 4.17.